The Bertz CT molecular complexity index is 700. The highest BCUT2D eigenvalue weighted by atomic mass is 16.2. The van der Waals surface area contributed by atoms with Crippen LogP contribution in [0.4, 0.5) is 0 Å². The zero-order chi connectivity index (χ0) is 18.5. The van der Waals surface area contributed by atoms with E-state index in [-0.39, 0.29) is 29.8 Å². The van der Waals surface area contributed by atoms with Crippen molar-refractivity contribution in [2.24, 2.45) is 11.3 Å². The maximum atomic E-state index is 12.6. The predicted molar refractivity (Wildman–Crippen MR) is 98.7 cm³/mol. The van der Waals surface area contributed by atoms with Gasteiger partial charge in [0.2, 0.25) is 5.91 Å². The molecule has 6 nitrogen and oxygen atoms in total. The summed E-state index contributed by atoms with van der Waals surface area (Å²) in [5, 5.41) is 3.24. The Kier molecular flexibility index (Phi) is 4.32. The number of amides is 2. The lowest BCUT2D eigenvalue weighted by Gasteiger charge is -2.41. The molecule has 0 aromatic carbocycles. The first-order valence-corrected chi connectivity index (χ1v) is 10.0. The van der Waals surface area contributed by atoms with Crippen molar-refractivity contribution in [3.63, 3.8) is 0 Å². The Balaban J connectivity index is 1.27. The van der Waals surface area contributed by atoms with E-state index < -0.39 is 0 Å². The minimum Gasteiger partial charge on any atom is -0.353 e. The lowest BCUT2D eigenvalue weighted by molar-refractivity contribution is -0.128. The van der Waals surface area contributed by atoms with Crippen LogP contribution >= 0.6 is 0 Å². The van der Waals surface area contributed by atoms with Crippen molar-refractivity contribution in [2.45, 2.75) is 76.9 Å². The summed E-state index contributed by atoms with van der Waals surface area (Å²) in [7, 11) is 1.84. The molecule has 1 spiro atoms. The number of carbonyl (C=O) groups excluding carboxylic acids is 2. The molecule has 4 rings (SSSR count). The molecule has 26 heavy (non-hydrogen) atoms. The minimum absolute atomic E-state index is 0.0353. The summed E-state index contributed by atoms with van der Waals surface area (Å²) in [6.07, 6.45) is 11.2. The molecular formula is C20H30N4O2. The van der Waals surface area contributed by atoms with Crippen molar-refractivity contribution in [1.82, 2.24) is 19.8 Å². The minimum atomic E-state index is -0.0353. The summed E-state index contributed by atoms with van der Waals surface area (Å²) in [4.78, 5) is 31.2. The van der Waals surface area contributed by atoms with Crippen LogP contribution in [0.2, 0.25) is 0 Å². The average molecular weight is 358 g/mol. The van der Waals surface area contributed by atoms with Crippen LogP contribution in [0.15, 0.2) is 12.5 Å². The Hall–Kier alpha value is -1.85. The van der Waals surface area contributed by atoms with Gasteiger partial charge in [-0.3, -0.25) is 9.59 Å². The second kappa shape index (κ2) is 6.39. The van der Waals surface area contributed by atoms with E-state index in [0.29, 0.717) is 17.2 Å². The largest absolute Gasteiger partial charge is 0.353 e. The van der Waals surface area contributed by atoms with Gasteiger partial charge in [0.1, 0.15) is 5.69 Å². The molecule has 3 fully saturated rings. The summed E-state index contributed by atoms with van der Waals surface area (Å²) in [5.74, 6) is 0.459. The molecule has 1 atom stereocenters. The van der Waals surface area contributed by atoms with E-state index >= 15 is 0 Å². The molecule has 0 aliphatic heterocycles. The summed E-state index contributed by atoms with van der Waals surface area (Å²) >= 11 is 0. The summed E-state index contributed by atoms with van der Waals surface area (Å²) < 4.78 is 1.94. The monoisotopic (exact) mass is 358 g/mol. The highest BCUT2D eigenvalue weighted by Gasteiger charge is 2.55. The lowest BCUT2D eigenvalue weighted by Crippen LogP contribution is -2.55. The number of nitrogens with one attached hydrogen (secondary N) is 1. The Morgan fingerprint density at radius 1 is 1.31 bits per heavy atom. The molecule has 1 heterocycles. The molecule has 6 heteroatoms. The number of imidazole rings is 1. The Morgan fingerprint density at radius 2 is 2.04 bits per heavy atom. The number of rotatable bonds is 5. The van der Waals surface area contributed by atoms with Gasteiger partial charge in [-0.15, -0.1) is 0 Å². The molecule has 3 aliphatic carbocycles. The molecule has 0 bridgehead atoms. The quantitative estimate of drug-likeness (QED) is 0.880. The van der Waals surface area contributed by atoms with Crippen LogP contribution < -0.4 is 5.32 Å². The Morgan fingerprint density at radius 3 is 2.65 bits per heavy atom. The molecule has 0 radical (unpaired) electrons. The molecule has 3 saturated carbocycles. The average Bonchev–Trinajstić information content (AvgIpc) is 2.99. The standard InChI is InChI=1S/C20H30N4O2/c1-13(2)24-11-17(21-12-24)19(26)23(3)15-9-14(10-15)22-18(25)16-5-4-6-20(16)7-8-20/h11-16H,4-10H2,1-3H3,(H,22,25). The van der Waals surface area contributed by atoms with Crippen molar-refractivity contribution in [3.05, 3.63) is 18.2 Å². The maximum absolute atomic E-state index is 12.6. The number of hydrogen-bond acceptors (Lipinski definition) is 3. The molecule has 142 valence electrons. The fraction of sp³-hybridized carbons (Fsp3) is 0.750. The number of carbonyl (C=O) groups is 2. The summed E-state index contributed by atoms with van der Waals surface area (Å²) in [5.41, 5.74) is 0.852. The van der Waals surface area contributed by atoms with Crippen LogP contribution in [0.3, 0.4) is 0 Å². The van der Waals surface area contributed by atoms with Gasteiger partial charge in [-0.05, 0) is 57.8 Å². The lowest BCUT2D eigenvalue weighted by atomic mass is 9.84. The molecule has 2 amide bonds. The van der Waals surface area contributed by atoms with Crippen LogP contribution in [-0.2, 0) is 4.79 Å². The van der Waals surface area contributed by atoms with Gasteiger partial charge in [-0.2, -0.15) is 0 Å². The zero-order valence-corrected chi connectivity index (χ0v) is 16.1. The zero-order valence-electron chi connectivity index (χ0n) is 16.1. The maximum Gasteiger partial charge on any atom is 0.274 e. The normalized spacial score (nSPS) is 28.8. The molecular weight excluding hydrogens is 328 g/mol. The van der Waals surface area contributed by atoms with E-state index in [1.807, 2.05) is 17.8 Å². The molecule has 3 aliphatic rings. The summed E-state index contributed by atoms with van der Waals surface area (Å²) in [6.45, 7) is 4.13. The molecule has 1 aromatic rings. The second-order valence-corrected chi connectivity index (χ2v) is 8.85. The predicted octanol–water partition coefficient (Wildman–Crippen LogP) is 2.76. The third kappa shape index (κ3) is 3.03. The fourth-order valence-electron chi connectivity index (χ4n) is 4.71. The van der Waals surface area contributed by atoms with Gasteiger partial charge >= 0.3 is 0 Å². The number of nitrogens with zero attached hydrogens (tertiary/aromatic N) is 3. The highest BCUT2D eigenvalue weighted by Crippen LogP contribution is 2.61. The van der Waals surface area contributed by atoms with E-state index in [4.69, 9.17) is 0 Å². The summed E-state index contributed by atoms with van der Waals surface area (Å²) in [6, 6.07) is 0.700. The number of hydrogen-bond donors (Lipinski definition) is 1. The molecule has 0 saturated heterocycles. The van der Waals surface area contributed by atoms with Crippen LogP contribution in [0, 0.1) is 11.3 Å². The van der Waals surface area contributed by atoms with Crippen LogP contribution in [-0.4, -0.2) is 45.4 Å². The fourth-order valence-corrected chi connectivity index (χ4v) is 4.71. The van der Waals surface area contributed by atoms with Gasteiger partial charge in [0.25, 0.3) is 5.91 Å². The van der Waals surface area contributed by atoms with Crippen molar-refractivity contribution >= 4 is 11.8 Å². The first kappa shape index (κ1) is 17.6. The Labute approximate surface area is 155 Å². The van der Waals surface area contributed by atoms with Crippen LogP contribution in [0.25, 0.3) is 0 Å². The van der Waals surface area contributed by atoms with Gasteiger partial charge in [-0.25, -0.2) is 4.98 Å². The van der Waals surface area contributed by atoms with E-state index in [1.165, 1.54) is 25.7 Å². The van der Waals surface area contributed by atoms with Crippen molar-refractivity contribution < 1.29 is 9.59 Å². The first-order chi connectivity index (χ1) is 12.4. The van der Waals surface area contributed by atoms with Crippen LogP contribution in [0.5, 0.6) is 0 Å². The highest BCUT2D eigenvalue weighted by molar-refractivity contribution is 5.92. The van der Waals surface area contributed by atoms with Crippen LogP contribution in [0.1, 0.15) is 75.3 Å². The third-order valence-corrected chi connectivity index (χ3v) is 6.86. The SMILES string of the molecule is CC(C)n1cnc(C(=O)N(C)C2CC(NC(=O)C3CCCC34CC4)C2)c1. The smallest absolute Gasteiger partial charge is 0.274 e. The van der Waals surface area contributed by atoms with Gasteiger partial charge in [0.05, 0.1) is 6.33 Å². The topological polar surface area (TPSA) is 67.2 Å². The van der Waals surface area contributed by atoms with Gasteiger partial charge < -0.3 is 14.8 Å². The van der Waals surface area contributed by atoms with Crippen molar-refractivity contribution in [3.8, 4) is 0 Å². The van der Waals surface area contributed by atoms with Crippen molar-refractivity contribution in [1.29, 1.82) is 0 Å². The first-order valence-electron chi connectivity index (χ1n) is 10.0. The van der Waals surface area contributed by atoms with E-state index in [9.17, 15) is 9.59 Å². The second-order valence-electron chi connectivity index (χ2n) is 8.85. The van der Waals surface area contributed by atoms with Gasteiger partial charge in [-0.1, -0.05) is 6.42 Å². The number of aromatic nitrogens is 2. The van der Waals surface area contributed by atoms with E-state index in [0.717, 1.165) is 19.3 Å². The molecule has 1 aromatic heterocycles. The van der Waals surface area contributed by atoms with E-state index in [1.54, 1.807) is 11.2 Å². The van der Waals surface area contributed by atoms with E-state index in [2.05, 4.69) is 24.1 Å². The molecule has 1 unspecified atom stereocenters. The van der Waals surface area contributed by atoms with Gasteiger partial charge in [0, 0.05) is 37.3 Å². The van der Waals surface area contributed by atoms with Gasteiger partial charge in [0.15, 0.2) is 0 Å². The third-order valence-electron chi connectivity index (χ3n) is 6.86. The van der Waals surface area contributed by atoms with Crippen molar-refractivity contribution in [2.75, 3.05) is 7.05 Å². The molecule has 1 N–H and O–H groups in total.